The van der Waals surface area contributed by atoms with Crippen molar-refractivity contribution in [1.82, 2.24) is 30.2 Å². The Bertz CT molecular complexity index is 1940. The van der Waals surface area contributed by atoms with E-state index >= 15 is 0 Å². The summed E-state index contributed by atoms with van der Waals surface area (Å²) in [6.07, 6.45) is 4.13. The van der Waals surface area contributed by atoms with E-state index in [4.69, 9.17) is 4.74 Å². The first kappa shape index (κ1) is 29.7. The van der Waals surface area contributed by atoms with Gasteiger partial charge in [-0.15, -0.1) is 16.4 Å². The zero-order valence-electron chi connectivity index (χ0n) is 24.9. The first-order valence-electron chi connectivity index (χ1n) is 15.5. The molecule has 0 atom stereocenters. The van der Waals surface area contributed by atoms with Gasteiger partial charge in [0.2, 0.25) is 0 Å². The Labute approximate surface area is 269 Å². The fraction of sp³-hybridized carbons (Fsp3) is 0.324. The molecule has 3 aromatic heterocycles. The fourth-order valence-electron chi connectivity index (χ4n) is 6.08. The molecule has 45 heavy (non-hydrogen) atoms. The minimum absolute atomic E-state index is 0.111. The third kappa shape index (κ3) is 6.81. The van der Waals surface area contributed by atoms with Crippen LogP contribution in [0.15, 0.2) is 76.9 Å². The van der Waals surface area contributed by atoms with Crippen LogP contribution >= 0.6 is 22.7 Å². The van der Waals surface area contributed by atoms with Gasteiger partial charge in [-0.1, -0.05) is 59.0 Å². The van der Waals surface area contributed by atoms with Crippen LogP contribution in [-0.2, 0) is 19.5 Å². The van der Waals surface area contributed by atoms with Gasteiger partial charge < -0.3 is 25.0 Å². The number of thiophene rings is 1. The summed E-state index contributed by atoms with van der Waals surface area (Å²) in [7, 11) is 0. The summed E-state index contributed by atoms with van der Waals surface area (Å²) >= 11 is 2.88. The molecule has 4 heterocycles. The first-order valence-corrected chi connectivity index (χ1v) is 17.2. The van der Waals surface area contributed by atoms with Crippen molar-refractivity contribution in [1.29, 1.82) is 0 Å². The van der Waals surface area contributed by atoms with E-state index in [1.54, 1.807) is 17.4 Å². The molecule has 7 rings (SSSR count). The standard InChI is InChI=1S/C34H36N6O3S2/c41-29-10-8-25(33-31(29)36-34(42)45-33)11-15-35-22-23-7-9-28-27(21-23)37-38-40(28)17-4-16-39-18-12-26(13-19-39)43-30-14-20-44-32(30)24-5-2-1-3-6-24/h1-3,5-10,14,20-21,26,35,41H,4,11-13,15-19,22H2,(H,36,42). The van der Waals surface area contributed by atoms with Crippen molar-refractivity contribution >= 4 is 43.9 Å². The number of phenolic OH excluding ortho intramolecular Hbond substituents is 1. The highest BCUT2D eigenvalue weighted by Crippen LogP contribution is 2.37. The minimum Gasteiger partial charge on any atom is -0.506 e. The third-order valence-corrected chi connectivity index (χ3v) is 10.4. The molecule has 0 saturated carbocycles. The molecule has 1 aliphatic rings. The van der Waals surface area contributed by atoms with Crippen molar-refractivity contribution in [2.24, 2.45) is 0 Å². The lowest BCUT2D eigenvalue weighted by molar-refractivity contribution is 0.0998. The second-order valence-corrected chi connectivity index (χ2v) is 13.4. The number of hydrogen-bond donors (Lipinski definition) is 3. The van der Waals surface area contributed by atoms with Gasteiger partial charge in [0.05, 0.1) is 15.1 Å². The van der Waals surface area contributed by atoms with Crippen molar-refractivity contribution < 1.29 is 9.84 Å². The molecule has 3 aromatic carbocycles. The van der Waals surface area contributed by atoms with Crippen LogP contribution in [0.4, 0.5) is 0 Å². The summed E-state index contributed by atoms with van der Waals surface area (Å²) in [6.45, 7) is 5.44. The molecule has 3 N–H and O–H groups in total. The highest BCUT2D eigenvalue weighted by molar-refractivity contribution is 7.16. The summed E-state index contributed by atoms with van der Waals surface area (Å²) < 4.78 is 9.30. The van der Waals surface area contributed by atoms with E-state index in [9.17, 15) is 9.90 Å². The maximum atomic E-state index is 11.8. The summed E-state index contributed by atoms with van der Waals surface area (Å²) in [5, 5.41) is 24.5. The Morgan fingerprint density at radius 3 is 2.78 bits per heavy atom. The van der Waals surface area contributed by atoms with Gasteiger partial charge in [0.25, 0.3) is 0 Å². The molecule has 1 saturated heterocycles. The molecule has 232 valence electrons. The van der Waals surface area contributed by atoms with E-state index in [1.807, 2.05) is 16.8 Å². The molecule has 1 aliphatic heterocycles. The Hall–Kier alpha value is -4.03. The number of H-pyrrole nitrogens is 1. The van der Waals surface area contributed by atoms with Gasteiger partial charge in [-0.2, -0.15) is 0 Å². The van der Waals surface area contributed by atoms with Crippen molar-refractivity contribution in [2.45, 2.75) is 44.9 Å². The molecule has 0 spiro atoms. The maximum Gasteiger partial charge on any atom is 0.305 e. The average Bonchev–Trinajstić information content (AvgIpc) is 3.80. The van der Waals surface area contributed by atoms with Crippen molar-refractivity contribution in [3.05, 3.63) is 92.9 Å². The molecular weight excluding hydrogens is 605 g/mol. The SMILES string of the molecule is O=c1[nH]c2c(O)ccc(CCNCc3ccc4c(c3)nnn4CCCN3CCC(Oc4ccsc4-c4ccccc4)CC3)c2s1. The number of aryl methyl sites for hydroxylation is 1. The summed E-state index contributed by atoms with van der Waals surface area (Å²) in [5.41, 5.74) is 5.91. The van der Waals surface area contributed by atoms with E-state index in [0.29, 0.717) is 12.1 Å². The number of aromatic nitrogens is 4. The molecule has 0 radical (unpaired) electrons. The van der Waals surface area contributed by atoms with Crippen LogP contribution in [0.1, 0.15) is 30.4 Å². The Morgan fingerprint density at radius 2 is 1.91 bits per heavy atom. The van der Waals surface area contributed by atoms with Crippen LogP contribution in [0, 0.1) is 0 Å². The molecule has 0 unspecified atom stereocenters. The average molecular weight is 641 g/mol. The van der Waals surface area contributed by atoms with Crippen molar-refractivity contribution in [3.8, 4) is 21.9 Å². The number of piperidine rings is 1. The van der Waals surface area contributed by atoms with E-state index in [1.165, 1.54) is 10.4 Å². The van der Waals surface area contributed by atoms with Crippen LogP contribution < -0.4 is 14.9 Å². The monoisotopic (exact) mass is 640 g/mol. The summed E-state index contributed by atoms with van der Waals surface area (Å²) in [4.78, 5) is 18.1. The lowest BCUT2D eigenvalue weighted by atomic mass is 10.1. The van der Waals surface area contributed by atoms with Gasteiger partial charge in [-0.05, 0) is 85.1 Å². The normalized spacial score (nSPS) is 14.5. The number of nitrogens with one attached hydrogen (secondary N) is 2. The summed E-state index contributed by atoms with van der Waals surface area (Å²) in [5.74, 6) is 1.12. The number of thiazole rings is 1. The summed E-state index contributed by atoms with van der Waals surface area (Å²) in [6, 6.07) is 22.5. The predicted molar refractivity (Wildman–Crippen MR) is 182 cm³/mol. The lowest BCUT2D eigenvalue weighted by Crippen LogP contribution is -2.39. The van der Waals surface area contributed by atoms with Gasteiger partial charge in [0, 0.05) is 26.2 Å². The number of ether oxygens (including phenoxy) is 1. The number of aromatic amines is 1. The zero-order valence-corrected chi connectivity index (χ0v) is 26.6. The third-order valence-electron chi connectivity index (χ3n) is 8.46. The van der Waals surface area contributed by atoms with Gasteiger partial charge in [0.15, 0.2) is 0 Å². The van der Waals surface area contributed by atoms with E-state index < -0.39 is 0 Å². The molecule has 0 bridgehead atoms. The van der Waals surface area contributed by atoms with E-state index in [0.717, 1.165) is 102 Å². The van der Waals surface area contributed by atoms with E-state index in [2.05, 4.69) is 79.4 Å². The number of fused-ring (bicyclic) bond motifs is 2. The highest BCUT2D eigenvalue weighted by atomic mass is 32.1. The van der Waals surface area contributed by atoms with Gasteiger partial charge in [0.1, 0.15) is 28.6 Å². The Balaban J connectivity index is 0.851. The Kier molecular flexibility index (Phi) is 8.92. The predicted octanol–water partition coefficient (Wildman–Crippen LogP) is 6.03. The molecule has 0 aliphatic carbocycles. The fourth-order valence-corrected chi connectivity index (χ4v) is 7.81. The number of aromatic hydroxyl groups is 1. The number of phenols is 1. The van der Waals surface area contributed by atoms with Crippen LogP contribution in [0.5, 0.6) is 11.5 Å². The highest BCUT2D eigenvalue weighted by Gasteiger charge is 2.22. The Morgan fingerprint density at radius 1 is 1.04 bits per heavy atom. The smallest absolute Gasteiger partial charge is 0.305 e. The van der Waals surface area contributed by atoms with Crippen LogP contribution in [0.3, 0.4) is 0 Å². The minimum atomic E-state index is -0.153. The second kappa shape index (κ2) is 13.5. The molecule has 1 fully saturated rings. The molecule has 9 nitrogen and oxygen atoms in total. The number of hydrogen-bond acceptors (Lipinski definition) is 9. The van der Waals surface area contributed by atoms with Gasteiger partial charge in [-0.3, -0.25) is 4.79 Å². The molecule has 11 heteroatoms. The molecular formula is C34H36N6O3S2. The largest absolute Gasteiger partial charge is 0.506 e. The number of rotatable bonds is 12. The first-order chi connectivity index (χ1) is 22.1. The van der Waals surface area contributed by atoms with Crippen molar-refractivity contribution in [2.75, 3.05) is 26.2 Å². The number of likely N-dealkylation sites (tertiary alicyclic amines) is 1. The lowest BCUT2D eigenvalue weighted by Gasteiger charge is -2.32. The topological polar surface area (TPSA) is 108 Å². The van der Waals surface area contributed by atoms with E-state index in [-0.39, 0.29) is 16.7 Å². The van der Waals surface area contributed by atoms with Crippen molar-refractivity contribution in [3.63, 3.8) is 0 Å². The second-order valence-electron chi connectivity index (χ2n) is 11.5. The van der Waals surface area contributed by atoms with Gasteiger partial charge >= 0.3 is 4.87 Å². The van der Waals surface area contributed by atoms with Crippen LogP contribution in [-0.4, -0.2) is 62.3 Å². The van der Waals surface area contributed by atoms with Crippen LogP contribution in [0.2, 0.25) is 0 Å². The van der Waals surface area contributed by atoms with Gasteiger partial charge in [-0.25, -0.2) is 4.68 Å². The molecule has 6 aromatic rings. The van der Waals surface area contributed by atoms with Crippen LogP contribution in [0.25, 0.3) is 31.7 Å². The maximum absolute atomic E-state index is 11.8. The number of benzene rings is 3. The number of nitrogens with zero attached hydrogens (tertiary/aromatic N) is 4. The zero-order chi connectivity index (χ0) is 30.6. The quantitative estimate of drug-likeness (QED) is 0.140. The molecule has 0 amide bonds.